The molecular weight excluding hydrogens is 417 g/mol. The molecule has 6 nitrogen and oxygen atoms in total. The number of hydrogen-bond acceptors (Lipinski definition) is 4. The quantitative estimate of drug-likeness (QED) is 0.757. The first kappa shape index (κ1) is 20.2. The molecule has 1 heterocycles. The number of benzene rings is 2. The van der Waals surface area contributed by atoms with E-state index in [0.717, 1.165) is 12.1 Å². The van der Waals surface area contributed by atoms with Crippen LogP contribution in [0.25, 0.3) is 0 Å². The predicted molar refractivity (Wildman–Crippen MR) is 97.2 cm³/mol. The zero-order valence-electron chi connectivity index (χ0n) is 14.2. The van der Waals surface area contributed by atoms with Crippen molar-refractivity contribution in [2.45, 2.75) is 12.1 Å². The fraction of sp³-hybridized carbons (Fsp3) is 0.222. The molecule has 3 rings (SSSR count). The van der Waals surface area contributed by atoms with E-state index in [0.29, 0.717) is 5.56 Å². The molecule has 1 fully saturated rings. The molecule has 1 unspecified atom stereocenters. The Balaban J connectivity index is 1.87. The number of rotatable bonds is 6. The first-order chi connectivity index (χ1) is 13.3. The molecule has 0 spiro atoms. The van der Waals surface area contributed by atoms with Gasteiger partial charge in [-0.1, -0.05) is 29.3 Å². The monoisotopic (exact) mass is 430 g/mol. The van der Waals surface area contributed by atoms with Crippen molar-refractivity contribution in [2.24, 2.45) is 5.73 Å². The molecule has 1 aliphatic heterocycles. The van der Waals surface area contributed by atoms with Gasteiger partial charge in [-0.15, -0.1) is 0 Å². The number of carbonyl (C=O) groups is 2. The van der Waals surface area contributed by atoms with E-state index >= 15 is 0 Å². The average Bonchev–Trinajstić information content (AvgIpc) is 3.03. The summed E-state index contributed by atoms with van der Waals surface area (Å²) in [5, 5.41) is -0.278. The molecule has 0 aliphatic carbocycles. The highest BCUT2D eigenvalue weighted by molar-refractivity contribution is 6.31. The number of primary amides is 1. The third-order valence-electron chi connectivity index (χ3n) is 4.16. The molecule has 1 aliphatic rings. The third kappa shape index (κ3) is 4.28. The minimum atomic E-state index is -1.12. The topological polar surface area (TPSA) is 81.9 Å². The van der Waals surface area contributed by atoms with Gasteiger partial charge in [0, 0.05) is 6.07 Å². The first-order valence-electron chi connectivity index (χ1n) is 8.05. The number of amides is 2. The summed E-state index contributed by atoms with van der Waals surface area (Å²) in [5.41, 5.74) is 5.65. The standard InChI is InChI=1S/C18H14Cl2F2N2O4/c19-11-5-9(1-3-13(11)21)15(24-7-16(17(23)25)28-18(24)26)8-27-10-2-4-14(22)12(20)6-10/h1-6,15-16H,7-8H2,(H2,23,25)/t15-,16?/m1/s1. The summed E-state index contributed by atoms with van der Waals surface area (Å²) in [4.78, 5) is 24.8. The highest BCUT2D eigenvalue weighted by Gasteiger charge is 2.40. The summed E-state index contributed by atoms with van der Waals surface area (Å²) in [7, 11) is 0. The Morgan fingerprint density at radius 1 is 1.21 bits per heavy atom. The number of hydrogen-bond donors (Lipinski definition) is 1. The maximum absolute atomic E-state index is 13.5. The third-order valence-corrected chi connectivity index (χ3v) is 4.74. The number of nitrogens with zero attached hydrogens (tertiary/aromatic N) is 1. The van der Waals surface area contributed by atoms with E-state index in [4.69, 9.17) is 38.4 Å². The van der Waals surface area contributed by atoms with Gasteiger partial charge in [0.2, 0.25) is 0 Å². The van der Waals surface area contributed by atoms with E-state index in [1.165, 1.54) is 29.2 Å². The summed E-state index contributed by atoms with van der Waals surface area (Å²) in [5.74, 6) is -1.78. The second-order valence-electron chi connectivity index (χ2n) is 6.00. The van der Waals surface area contributed by atoms with E-state index in [2.05, 4.69) is 0 Å². The first-order valence-corrected chi connectivity index (χ1v) is 8.81. The molecule has 0 bridgehead atoms. The van der Waals surface area contributed by atoms with E-state index in [9.17, 15) is 18.4 Å². The fourth-order valence-electron chi connectivity index (χ4n) is 2.71. The highest BCUT2D eigenvalue weighted by Crippen LogP contribution is 2.30. The van der Waals surface area contributed by atoms with E-state index in [1.807, 2.05) is 0 Å². The molecule has 2 amide bonds. The minimum Gasteiger partial charge on any atom is -0.491 e. The van der Waals surface area contributed by atoms with Crippen LogP contribution in [0.5, 0.6) is 5.75 Å². The van der Waals surface area contributed by atoms with Crippen LogP contribution >= 0.6 is 23.2 Å². The van der Waals surface area contributed by atoms with E-state index in [-0.39, 0.29) is 28.9 Å². The van der Waals surface area contributed by atoms with E-state index < -0.39 is 35.8 Å². The van der Waals surface area contributed by atoms with Gasteiger partial charge in [0.15, 0.2) is 6.10 Å². The molecule has 2 N–H and O–H groups in total. The van der Waals surface area contributed by atoms with Crippen LogP contribution in [-0.2, 0) is 9.53 Å². The number of nitrogens with two attached hydrogens (primary N) is 1. The van der Waals surface area contributed by atoms with Crippen molar-refractivity contribution in [3.63, 3.8) is 0 Å². The number of carbonyl (C=O) groups excluding carboxylic acids is 2. The van der Waals surface area contributed by atoms with Gasteiger partial charge in [-0.05, 0) is 29.8 Å². The molecule has 2 aromatic rings. The fourth-order valence-corrected chi connectivity index (χ4v) is 3.07. The van der Waals surface area contributed by atoms with Crippen LogP contribution in [0.4, 0.5) is 13.6 Å². The van der Waals surface area contributed by atoms with Crippen LogP contribution < -0.4 is 10.5 Å². The Morgan fingerprint density at radius 2 is 1.86 bits per heavy atom. The van der Waals surface area contributed by atoms with Gasteiger partial charge in [-0.3, -0.25) is 9.69 Å². The average molecular weight is 431 g/mol. The lowest BCUT2D eigenvalue weighted by Crippen LogP contribution is -2.36. The molecule has 0 radical (unpaired) electrons. The second kappa shape index (κ2) is 8.20. The van der Waals surface area contributed by atoms with Gasteiger partial charge < -0.3 is 15.2 Å². The Bertz CT molecular complexity index is 928. The summed E-state index contributed by atoms with van der Waals surface area (Å²) in [6.45, 7) is -0.230. The van der Waals surface area contributed by atoms with Gasteiger partial charge in [-0.2, -0.15) is 0 Å². The number of ether oxygens (including phenoxy) is 2. The van der Waals surface area contributed by atoms with Gasteiger partial charge in [0.05, 0.1) is 22.6 Å². The predicted octanol–water partition coefficient (Wildman–Crippen LogP) is 3.70. The lowest BCUT2D eigenvalue weighted by atomic mass is 10.1. The molecule has 2 aromatic carbocycles. The molecule has 0 aromatic heterocycles. The van der Waals surface area contributed by atoms with Crippen molar-refractivity contribution in [2.75, 3.05) is 13.2 Å². The lowest BCUT2D eigenvalue weighted by molar-refractivity contribution is -0.124. The zero-order valence-corrected chi connectivity index (χ0v) is 15.7. The van der Waals surface area contributed by atoms with Crippen LogP contribution in [0.3, 0.4) is 0 Å². The summed E-state index contributed by atoms with van der Waals surface area (Å²) >= 11 is 11.6. The maximum Gasteiger partial charge on any atom is 0.411 e. The Hall–Kier alpha value is -2.58. The Morgan fingerprint density at radius 3 is 2.43 bits per heavy atom. The van der Waals surface area contributed by atoms with Gasteiger partial charge in [0.25, 0.3) is 5.91 Å². The van der Waals surface area contributed by atoms with Crippen molar-refractivity contribution in [3.8, 4) is 5.75 Å². The summed E-state index contributed by atoms with van der Waals surface area (Å²) in [6, 6.07) is 6.91. The molecule has 10 heteroatoms. The molecule has 0 saturated carbocycles. The SMILES string of the molecule is NC(=O)C1CN([C@H](COc2ccc(F)c(Cl)c2)c2ccc(F)c(Cl)c2)C(=O)O1. The van der Waals surface area contributed by atoms with Gasteiger partial charge in [0.1, 0.15) is 24.0 Å². The molecule has 28 heavy (non-hydrogen) atoms. The molecule has 1 saturated heterocycles. The van der Waals surface area contributed by atoms with Crippen LogP contribution in [0.15, 0.2) is 36.4 Å². The van der Waals surface area contributed by atoms with Gasteiger partial charge in [-0.25, -0.2) is 13.6 Å². The van der Waals surface area contributed by atoms with Crippen molar-refractivity contribution < 1.29 is 27.8 Å². The van der Waals surface area contributed by atoms with Crippen molar-refractivity contribution in [1.29, 1.82) is 0 Å². The van der Waals surface area contributed by atoms with Crippen LogP contribution in [0, 0.1) is 11.6 Å². The summed E-state index contributed by atoms with van der Waals surface area (Å²) < 4.78 is 37.4. The van der Waals surface area contributed by atoms with Crippen LogP contribution in [0.2, 0.25) is 10.0 Å². The number of cyclic esters (lactones) is 1. The molecule has 148 valence electrons. The van der Waals surface area contributed by atoms with Crippen molar-refractivity contribution in [1.82, 2.24) is 4.90 Å². The van der Waals surface area contributed by atoms with Crippen molar-refractivity contribution in [3.05, 3.63) is 63.6 Å². The Kier molecular flexibility index (Phi) is 5.90. The minimum absolute atomic E-state index is 0.110. The number of halogens is 4. The van der Waals surface area contributed by atoms with E-state index in [1.54, 1.807) is 0 Å². The smallest absolute Gasteiger partial charge is 0.411 e. The van der Waals surface area contributed by atoms with Crippen LogP contribution in [0.1, 0.15) is 11.6 Å². The Labute approximate surface area is 168 Å². The highest BCUT2D eigenvalue weighted by atomic mass is 35.5. The molecular formula is C18H14Cl2F2N2O4. The van der Waals surface area contributed by atoms with Crippen LogP contribution in [-0.4, -0.2) is 36.2 Å². The van der Waals surface area contributed by atoms with Crippen molar-refractivity contribution >= 4 is 35.2 Å². The normalized spacial score (nSPS) is 17.4. The van der Waals surface area contributed by atoms with Gasteiger partial charge >= 0.3 is 6.09 Å². The zero-order chi connectivity index (χ0) is 20.4. The molecule has 2 atom stereocenters. The second-order valence-corrected chi connectivity index (χ2v) is 6.82. The summed E-state index contributed by atoms with van der Waals surface area (Å²) in [6.07, 6.45) is -1.90. The largest absolute Gasteiger partial charge is 0.491 e. The lowest BCUT2D eigenvalue weighted by Gasteiger charge is -2.26. The maximum atomic E-state index is 13.5.